The highest BCUT2D eigenvalue weighted by Crippen LogP contribution is 2.17. The highest BCUT2D eigenvalue weighted by Gasteiger charge is 2.08. The summed E-state index contributed by atoms with van der Waals surface area (Å²) in [5.74, 6) is 1.07. The van der Waals surface area contributed by atoms with E-state index in [4.69, 9.17) is 4.74 Å². The van der Waals surface area contributed by atoms with Gasteiger partial charge in [-0.05, 0) is 31.2 Å². The van der Waals surface area contributed by atoms with Gasteiger partial charge in [0.05, 0.1) is 0 Å². The normalized spacial score (nSPS) is 10.4. The summed E-state index contributed by atoms with van der Waals surface area (Å²) in [6.45, 7) is 2.17. The maximum Gasteiger partial charge on any atom is 0.234 e. The molecule has 1 aromatic carbocycles. The molecule has 0 aliphatic carbocycles. The predicted octanol–water partition coefficient (Wildman–Crippen LogP) is 2.63. The van der Waals surface area contributed by atoms with Gasteiger partial charge >= 0.3 is 0 Å². The lowest BCUT2D eigenvalue weighted by molar-refractivity contribution is 0.303. The summed E-state index contributed by atoms with van der Waals surface area (Å²) < 4.78 is 19.9. The monoisotopic (exact) mass is 300 g/mol. The number of aromatic nitrogens is 4. The summed E-state index contributed by atoms with van der Waals surface area (Å²) in [5, 5.41) is 13.0. The molecular formula is C11H10ClFN4OS. The molecule has 3 aromatic rings. The van der Waals surface area contributed by atoms with Gasteiger partial charge in [-0.2, -0.15) is 9.61 Å². The molecule has 5 nitrogen and oxygen atoms in total. The molecule has 0 aliphatic rings. The van der Waals surface area contributed by atoms with Crippen LogP contribution in [0.3, 0.4) is 0 Å². The number of benzene rings is 1. The Morgan fingerprint density at radius 2 is 2.00 bits per heavy atom. The second-order valence-corrected chi connectivity index (χ2v) is 4.72. The summed E-state index contributed by atoms with van der Waals surface area (Å²) in [6.07, 6.45) is 0. The second-order valence-electron chi connectivity index (χ2n) is 3.68. The summed E-state index contributed by atoms with van der Waals surface area (Å²) in [4.78, 5) is 0.741. The Bertz CT molecular complexity index is 682. The van der Waals surface area contributed by atoms with Crippen molar-refractivity contribution in [3.63, 3.8) is 0 Å². The van der Waals surface area contributed by atoms with Crippen LogP contribution in [0.2, 0.25) is 0 Å². The molecule has 0 atom stereocenters. The van der Waals surface area contributed by atoms with Crippen LogP contribution in [0.25, 0.3) is 4.96 Å². The van der Waals surface area contributed by atoms with Crippen molar-refractivity contribution in [3.8, 4) is 5.75 Å². The number of hydrogen-bond donors (Lipinski definition) is 0. The number of nitrogens with zero attached hydrogens (tertiary/aromatic N) is 4. The van der Waals surface area contributed by atoms with Crippen molar-refractivity contribution in [2.24, 2.45) is 0 Å². The summed E-state index contributed by atoms with van der Waals surface area (Å²) in [5.41, 5.74) is 0. The number of halogens is 2. The van der Waals surface area contributed by atoms with Crippen LogP contribution >= 0.6 is 23.7 Å². The van der Waals surface area contributed by atoms with Crippen molar-refractivity contribution < 1.29 is 9.13 Å². The Hall–Kier alpha value is -1.73. The first kappa shape index (κ1) is 13.7. The van der Waals surface area contributed by atoms with E-state index in [1.54, 1.807) is 16.6 Å². The SMILES string of the molecule is Cc1nnc2sc(COc3ccc(F)cc3)nn12.Cl. The summed E-state index contributed by atoms with van der Waals surface area (Å²) >= 11 is 1.42. The minimum Gasteiger partial charge on any atom is -0.486 e. The zero-order chi connectivity index (χ0) is 12.5. The third-order valence-corrected chi connectivity index (χ3v) is 3.24. The molecule has 0 spiro atoms. The van der Waals surface area contributed by atoms with Crippen molar-refractivity contribution >= 4 is 28.7 Å². The average Bonchev–Trinajstić information content (AvgIpc) is 2.91. The van der Waals surface area contributed by atoms with Gasteiger partial charge in [0.25, 0.3) is 0 Å². The fourth-order valence-electron chi connectivity index (χ4n) is 1.49. The fraction of sp³-hybridized carbons (Fsp3) is 0.182. The zero-order valence-corrected chi connectivity index (χ0v) is 11.5. The molecule has 0 bridgehead atoms. The maximum atomic E-state index is 12.7. The molecule has 0 fully saturated rings. The first-order valence-corrected chi connectivity index (χ1v) is 6.10. The smallest absolute Gasteiger partial charge is 0.234 e. The van der Waals surface area contributed by atoms with Crippen molar-refractivity contribution in [3.05, 3.63) is 40.9 Å². The largest absolute Gasteiger partial charge is 0.486 e. The first-order chi connectivity index (χ1) is 8.72. The molecule has 0 amide bonds. The lowest BCUT2D eigenvalue weighted by atomic mass is 10.3. The molecule has 0 radical (unpaired) electrons. The molecule has 100 valence electrons. The van der Waals surface area contributed by atoms with Gasteiger partial charge in [0.1, 0.15) is 18.2 Å². The quantitative estimate of drug-likeness (QED) is 0.746. The Morgan fingerprint density at radius 3 is 2.68 bits per heavy atom. The van der Waals surface area contributed by atoms with Crippen molar-refractivity contribution in [2.45, 2.75) is 13.5 Å². The highest BCUT2D eigenvalue weighted by atomic mass is 35.5. The van der Waals surface area contributed by atoms with Gasteiger partial charge in [-0.3, -0.25) is 0 Å². The van der Waals surface area contributed by atoms with Gasteiger partial charge in [0.15, 0.2) is 10.8 Å². The van der Waals surface area contributed by atoms with Crippen LogP contribution in [-0.2, 0) is 6.61 Å². The first-order valence-electron chi connectivity index (χ1n) is 5.28. The Labute approximate surface area is 118 Å². The van der Waals surface area contributed by atoms with E-state index in [2.05, 4.69) is 15.3 Å². The molecule has 0 saturated carbocycles. The van der Waals surface area contributed by atoms with Crippen LogP contribution in [-0.4, -0.2) is 19.8 Å². The van der Waals surface area contributed by atoms with E-state index in [-0.39, 0.29) is 18.2 Å². The van der Waals surface area contributed by atoms with Crippen LogP contribution in [0, 0.1) is 12.7 Å². The molecule has 0 aliphatic heterocycles. The van der Waals surface area contributed by atoms with Crippen molar-refractivity contribution in [1.82, 2.24) is 19.8 Å². The van der Waals surface area contributed by atoms with Gasteiger partial charge in [0.2, 0.25) is 4.96 Å². The number of aryl methyl sites for hydroxylation is 1. The predicted molar refractivity (Wildman–Crippen MR) is 71.4 cm³/mol. The van der Waals surface area contributed by atoms with Crippen molar-refractivity contribution in [2.75, 3.05) is 0 Å². The van der Waals surface area contributed by atoms with Gasteiger partial charge in [0, 0.05) is 0 Å². The fourth-order valence-corrected chi connectivity index (χ4v) is 2.28. The van der Waals surface area contributed by atoms with Crippen LogP contribution in [0.1, 0.15) is 10.8 Å². The molecule has 19 heavy (non-hydrogen) atoms. The van der Waals surface area contributed by atoms with E-state index in [0.717, 1.165) is 15.8 Å². The van der Waals surface area contributed by atoms with E-state index in [1.165, 1.54) is 23.5 Å². The molecule has 0 saturated heterocycles. The maximum absolute atomic E-state index is 12.7. The second kappa shape index (κ2) is 5.50. The van der Waals surface area contributed by atoms with Crippen LogP contribution < -0.4 is 4.74 Å². The average molecular weight is 301 g/mol. The number of fused-ring (bicyclic) bond motifs is 1. The molecule has 3 rings (SSSR count). The Balaban J connectivity index is 0.00000133. The third-order valence-electron chi connectivity index (χ3n) is 2.36. The summed E-state index contributed by atoms with van der Waals surface area (Å²) in [7, 11) is 0. The summed E-state index contributed by atoms with van der Waals surface area (Å²) in [6, 6.07) is 5.89. The molecule has 0 unspecified atom stereocenters. The van der Waals surface area contributed by atoms with Crippen LogP contribution in [0.5, 0.6) is 5.75 Å². The molecule has 0 N–H and O–H groups in total. The molecular weight excluding hydrogens is 291 g/mol. The number of rotatable bonds is 3. The standard InChI is InChI=1S/C11H9FN4OS.ClH/c1-7-13-14-11-16(7)15-10(18-11)6-17-9-4-2-8(12)3-5-9;/h2-5H,6H2,1H3;1H. The number of ether oxygens (including phenoxy) is 1. The van der Waals surface area contributed by atoms with Crippen LogP contribution in [0.15, 0.2) is 24.3 Å². The van der Waals surface area contributed by atoms with E-state index in [1.807, 2.05) is 6.92 Å². The minimum absolute atomic E-state index is 0. The van der Waals surface area contributed by atoms with Gasteiger partial charge < -0.3 is 4.74 Å². The minimum atomic E-state index is -0.281. The van der Waals surface area contributed by atoms with E-state index < -0.39 is 0 Å². The Morgan fingerprint density at radius 1 is 1.26 bits per heavy atom. The van der Waals surface area contributed by atoms with E-state index in [9.17, 15) is 4.39 Å². The van der Waals surface area contributed by atoms with Crippen molar-refractivity contribution in [1.29, 1.82) is 0 Å². The molecule has 2 heterocycles. The Kier molecular flexibility index (Phi) is 3.96. The lowest BCUT2D eigenvalue weighted by Crippen LogP contribution is -1.97. The third kappa shape index (κ3) is 2.82. The highest BCUT2D eigenvalue weighted by molar-refractivity contribution is 7.16. The lowest BCUT2D eigenvalue weighted by Gasteiger charge is -2.02. The van der Waals surface area contributed by atoms with Crippen LogP contribution in [0.4, 0.5) is 4.39 Å². The zero-order valence-electron chi connectivity index (χ0n) is 9.91. The topological polar surface area (TPSA) is 52.3 Å². The van der Waals surface area contributed by atoms with Gasteiger partial charge in [-0.1, -0.05) is 11.3 Å². The van der Waals surface area contributed by atoms with E-state index >= 15 is 0 Å². The van der Waals surface area contributed by atoms with E-state index in [0.29, 0.717) is 12.4 Å². The molecule has 8 heteroatoms. The van der Waals surface area contributed by atoms with Gasteiger partial charge in [-0.25, -0.2) is 4.39 Å². The molecule has 2 aromatic heterocycles. The number of hydrogen-bond acceptors (Lipinski definition) is 5. The van der Waals surface area contributed by atoms with Gasteiger partial charge in [-0.15, -0.1) is 22.6 Å².